The lowest BCUT2D eigenvalue weighted by molar-refractivity contribution is -0.122. The smallest absolute Gasteiger partial charge is 0.253 e. The zero-order chi connectivity index (χ0) is 18.3. The van der Waals surface area contributed by atoms with Gasteiger partial charge in [-0.2, -0.15) is 0 Å². The van der Waals surface area contributed by atoms with Crippen molar-refractivity contribution in [2.24, 2.45) is 17.8 Å². The number of nitrogens with zero attached hydrogens (tertiary/aromatic N) is 2. The van der Waals surface area contributed by atoms with Crippen LogP contribution in [0.3, 0.4) is 0 Å². The van der Waals surface area contributed by atoms with Crippen LogP contribution in [0, 0.1) is 17.8 Å². The van der Waals surface area contributed by atoms with Crippen molar-refractivity contribution in [3.05, 3.63) is 42.0 Å². The van der Waals surface area contributed by atoms with Crippen molar-refractivity contribution in [1.29, 1.82) is 0 Å². The first kappa shape index (κ1) is 17.0. The molecule has 0 unspecified atom stereocenters. The Kier molecular flexibility index (Phi) is 4.39. The molecule has 0 saturated carbocycles. The van der Waals surface area contributed by atoms with E-state index in [2.05, 4.69) is 6.92 Å². The molecule has 0 N–H and O–H groups in total. The number of carbonyl (C=O) groups excluding carboxylic acids is 3. The van der Waals surface area contributed by atoms with Crippen LogP contribution in [0.4, 0.5) is 5.69 Å². The Morgan fingerprint density at radius 2 is 1.62 bits per heavy atom. The Morgan fingerprint density at radius 3 is 2.23 bits per heavy atom. The SMILES string of the molecule is CC1CCN(C(=O)c2cccc(N3C(=O)[C@H]4CC=CC[C@H]4C3=O)c2)CC1. The van der Waals surface area contributed by atoms with Gasteiger partial charge in [0, 0.05) is 18.7 Å². The number of likely N-dealkylation sites (tertiary alicyclic amines) is 1. The summed E-state index contributed by atoms with van der Waals surface area (Å²) in [6, 6.07) is 6.97. The number of fused-ring (bicyclic) bond motifs is 1. The summed E-state index contributed by atoms with van der Waals surface area (Å²) in [5.41, 5.74) is 1.07. The zero-order valence-electron chi connectivity index (χ0n) is 15.1. The van der Waals surface area contributed by atoms with Gasteiger partial charge >= 0.3 is 0 Å². The average molecular weight is 352 g/mol. The van der Waals surface area contributed by atoms with Gasteiger partial charge in [-0.1, -0.05) is 25.1 Å². The molecular formula is C21H24N2O3. The van der Waals surface area contributed by atoms with Gasteiger partial charge in [-0.05, 0) is 49.8 Å². The standard InChI is InChI=1S/C21H24N2O3/c1-14-9-11-22(12-10-14)19(24)15-5-4-6-16(13-15)23-20(25)17-7-2-3-8-18(17)21(23)26/h2-6,13-14,17-18H,7-12H2,1H3/t17-,18+. The maximum absolute atomic E-state index is 12.8. The topological polar surface area (TPSA) is 57.7 Å². The lowest BCUT2D eigenvalue weighted by atomic mass is 9.85. The van der Waals surface area contributed by atoms with Gasteiger partial charge < -0.3 is 4.90 Å². The molecule has 1 aromatic carbocycles. The lowest BCUT2D eigenvalue weighted by Crippen LogP contribution is -2.38. The van der Waals surface area contributed by atoms with Crippen LogP contribution in [0.5, 0.6) is 0 Å². The summed E-state index contributed by atoms with van der Waals surface area (Å²) in [4.78, 5) is 41.5. The van der Waals surface area contributed by atoms with Crippen molar-refractivity contribution in [2.45, 2.75) is 32.6 Å². The molecule has 0 bridgehead atoms. The molecule has 2 fully saturated rings. The third-order valence-electron chi connectivity index (χ3n) is 5.93. The van der Waals surface area contributed by atoms with E-state index >= 15 is 0 Å². The number of amides is 3. The molecule has 3 aliphatic rings. The molecule has 3 amide bonds. The van der Waals surface area contributed by atoms with Crippen LogP contribution >= 0.6 is 0 Å². The lowest BCUT2D eigenvalue weighted by Gasteiger charge is -2.30. The largest absolute Gasteiger partial charge is 0.339 e. The number of allylic oxidation sites excluding steroid dienone is 2. The monoisotopic (exact) mass is 352 g/mol. The van der Waals surface area contributed by atoms with E-state index in [0.29, 0.717) is 30.0 Å². The number of imide groups is 1. The highest BCUT2D eigenvalue weighted by Gasteiger charge is 2.47. The fourth-order valence-corrected chi connectivity index (χ4v) is 4.23. The summed E-state index contributed by atoms with van der Waals surface area (Å²) in [5, 5.41) is 0. The molecule has 4 rings (SSSR count). The van der Waals surface area contributed by atoms with Gasteiger partial charge in [0.25, 0.3) is 5.91 Å². The van der Waals surface area contributed by atoms with Crippen LogP contribution in [0.25, 0.3) is 0 Å². The molecule has 136 valence electrons. The number of carbonyl (C=O) groups is 3. The minimum Gasteiger partial charge on any atom is -0.339 e. The third kappa shape index (κ3) is 2.85. The molecule has 1 aliphatic carbocycles. The van der Waals surface area contributed by atoms with Crippen LogP contribution in [0.15, 0.2) is 36.4 Å². The normalized spacial score (nSPS) is 26.3. The van der Waals surface area contributed by atoms with Crippen molar-refractivity contribution < 1.29 is 14.4 Å². The molecule has 0 spiro atoms. The Labute approximate surface area is 153 Å². The quantitative estimate of drug-likeness (QED) is 0.607. The number of rotatable bonds is 2. The Bertz CT molecular complexity index is 751. The second-order valence-corrected chi connectivity index (χ2v) is 7.69. The molecular weight excluding hydrogens is 328 g/mol. The first-order valence-electron chi connectivity index (χ1n) is 9.48. The first-order valence-corrected chi connectivity index (χ1v) is 9.48. The highest BCUT2D eigenvalue weighted by molar-refractivity contribution is 6.22. The number of hydrogen-bond acceptors (Lipinski definition) is 3. The van der Waals surface area contributed by atoms with Crippen molar-refractivity contribution >= 4 is 23.4 Å². The van der Waals surface area contributed by atoms with Gasteiger partial charge in [0.05, 0.1) is 17.5 Å². The van der Waals surface area contributed by atoms with Crippen LogP contribution in [0.1, 0.15) is 43.0 Å². The minimum atomic E-state index is -0.254. The third-order valence-corrected chi connectivity index (χ3v) is 5.93. The Morgan fingerprint density at radius 1 is 1.00 bits per heavy atom. The van der Waals surface area contributed by atoms with Crippen molar-refractivity contribution in [2.75, 3.05) is 18.0 Å². The molecule has 1 aromatic rings. The fraction of sp³-hybridized carbons (Fsp3) is 0.476. The number of hydrogen-bond donors (Lipinski definition) is 0. The highest BCUT2D eigenvalue weighted by atomic mass is 16.2. The van der Waals surface area contributed by atoms with E-state index in [0.717, 1.165) is 25.9 Å². The second kappa shape index (κ2) is 6.71. The molecule has 5 nitrogen and oxygen atoms in total. The van der Waals surface area contributed by atoms with Gasteiger partial charge in [0.15, 0.2) is 0 Å². The van der Waals surface area contributed by atoms with E-state index in [1.54, 1.807) is 24.3 Å². The van der Waals surface area contributed by atoms with Crippen molar-refractivity contribution in [1.82, 2.24) is 4.90 Å². The summed E-state index contributed by atoms with van der Waals surface area (Å²) in [6.45, 7) is 3.74. The van der Waals surface area contributed by atoms with E-state index in [1.165, 1.54) is 4.90 Å². The molecule has 0 aromatic heterocycles. The molecule has 26 heavy (non-hydrogen) atoms. The maximum Gasteiger partial charge on any atom is 0.253 e. The Hall–Kier alpha value is -2.43. The number of benzene rings is 1. The van der Waals surface area contributed by atoms with E-state index in [1.807, 2.05) is 17.1 Å². The van der Waals surface area contributed by atoms with E-state index in [9.17, 15) is 14.4 Å². The molecule has 2 atom stereocenters. The van der Waals surface area contributed by atoms with Crippen LogP contribution in [-0.4, -0.2) is 35.7 Å². The summed E-state index contributed by atoms with van der Waals surface area (Å²) in [6.07, 6.45) is 7.24. The van der Waals surface area contributed by atoms with Gasteiger partial charge in [0.1, 0.15) is 0 Å². The molecule has 2 saturated heterocycles. The minimum absolute atomic E-state index is 0.0167. The summed E-state index contributed by atoms with van der Waals surface area (Å²) < 4.78 is 0. The van der Waals surface area contributed by atoms with Crippen molar-refractivity contribution in [3.8, 4) is 0 Å². The van der Waals surface area contributed by atoms with Crippen LogP contribution < -0.4 is 4.90 Å². The summed E-state index contributed by atoms with van der Waals surface area (Å²) in [5.74, 6) is -0.147. The molecule has 5 heteroatoms. The molecule has 2 heterocycles. The average Bonchev–Trinajstić information content (AvgIpc) is 2.93. The van der Waals surface area contributed by atoms with Crippen LogP contribution in [-0.2, 0) is 9.59 Å². The van der Waals surface area contributed by atoms with Gasteiger partial charge in [-0.15, -0.1) is 0 Å². The highest BCUT2D eigenvalue weighted by Crippen LogP contribution is 2.37. The van der Waals surface area contributed by atoms with Gasteiger partial charge in [-0.3, -0.25) is 19.3 Å². The predicted molar refractivity (Wildman–Crippen MR) is 98.6 cm³/mol. The molecule has 2 aliphatic heterocycles. The predicted octanol–water partition coefficient (Wildman–Crippen LogP) is 3.01. The van der Waals surface area contributed by atoms with Gasteiger partial charge in [-0.25, -0.2) is 0 Å². The Balaban J connectivity index is 1.57. The summed E-state index contributed by atoms with van der Waals surface area (Å²) in [7, 11) is 0. The van der Waals surface area contributed by atoms with Crippen LogP contribution in [0.2, 0.25) is 0 Å². The maximum atomic E-state index is 12.8. The number of piperidine rings is 1. The van der Waals surface area contributed by atoms with Gasteiger partial charge in [0.2, 0.25) is 11.8 Å². The van der Waals surface area contributed by atoms with E-state index < -0.39 is 0 Å². The fourth-order valence-electron chi connectivity index (χ4n) is 4.23. The second-order valence-electron chi connectivity index (χ2n) is 7.69. The number of anilines is 1. The summed E-state index contributed by atoms with van der Waals surface area (Å²) >= 11 is 0. The zero-order valence-corrected chi connectivity index (χ0v) is 15.1. The van der Waals surface area contributed by atoms with E-state index in [4.69, 9.17) is 0 Å². The van der Waals surface area contributed by atoms with Crippen molar-refractivity contribution in [3.63, 3.8) is 0 Å². The van der Waals surface area contributed by atoms with E-state index in [-0.39, 0.29) is 29.6 Å². The first-order chi connectivity index (χ1) is 12.6. The molecule has 0 radical (unpaired) electrons.